The molecule has 0 heterocycles. The minimum atomic E-state index is -0.471. The zero-order chi connectivity index (χ0) is 17.4. The van der Waals surface area contributed by atoms with Crippen LogP contribution in [0.2, 0.25) is 0 Å². The van der Waals surface area contributed by atoms with Gasteiger partial charge in [-0.2, -0.15) is 0 Å². The first kappa shape index (κ1) is 17.4. The highest BCUT2D eigenvalue weighted by molar-refractivity contribution is 5.91. The molecule has 0 bridgehead atoms. The lowest BCUT2D eigenvalue weighted by Gasteiger charge is -2.20. The number of nitrogens with zero attached hydrogens (tertiary/aromatic N) is 2. The maximum atomic E-state index is 12.3. The van der Waals surface area contributed by atoms with E-state index in [0.717, 1.165) is 5.56 Å². The third-order valence-electron chi connectivity index (χ3n) is 3.42. The summed E-state index contributed by atoms with van der Waals surface area (Å²) < 4.78 is 0. The van der Waals surface area contributed by atoms with Crippen molar-refractivity contribution in [3.8, 4) is 0 Å². The largest absolute Gasteiger partial charge is 0.395 e. The summed E-state index contributed by atoms with van der Waals surface area (Å²) in [6.45, 7) is 0.521. The first-order chi connectivity index (χ1) is 11.6. The van der Waals surface area contributed by atoms with Gasteiger partial charge in [0.25, 0.3) is 5.69 Å². The fourth-order valence-corrected chi connectivity index (χ4v) is 2.17. The molecule has 0 aliphatic heterocycles. The maximum Gasteiger partial charge on any atom is 0.269 e. The summed E-state index contributed by atoms with van der Waals surface area (Å²) in [7, 11) is 0. The molecule has 0 aromatic heterocycles. The van der Waals surface area contributed by atoms with Crippen LogP contribution in [0.25, 0.3) is 6.08 Å². The first-order valence-electron chi connectivity index (χ1n) is 7.46. The Labute approximate surface area is 139 Å². The summed E-state index contributed by atoms with van der Waals surface area (Å²) in [5.74, 6) is -0.230. The van der Waals surface area contributed by atoms with E-state index in [1.54, 1.807) is 18.2 Å². The highest BCUT2D eigenvalue weighted by atomic mass is 16.6. The zero-order valence-corrected chi connectivity index (χ0v) is 13.0. The van der Waals surface area contributed by atoms with Crippen LogP contribution in [0.4, 0.5) is 5.69 Å². The van der Waals surface area contributed by atoms with Crippen LogP contribution in [-0.2, 0) is 11.3 Å². The lowest BCUT2D eigenvalue weighted by Crippen LogP contribution is -2.31. The van der Waals surface area contributed by atoms with Crippen LogP contribution in [0.1, 0.15) is 11.1 Å². The second-order valence-corrected chi connectivity index (χ2v) is 5.15. The Bertz CT molecular complexity index is 712. The number of nitro groups is 1. The van der Waals surface area contributed by atoms with Crippen molar-refractivity contribution in [2.45, 2.75) is 6.54 Å². The van der Waals surface area contributed by atoms with Gasteiger partial charge in [-0.25, -0.2) is 0 Å². The molecule has 0 saturated carbocycles. The smallest absolute Gasteiger partial charge is 0.269 e. The molecule has 0 aliphatic carbocycles. The van der Waals surface area contributed by atoms with E-state index in [0.29, 0.717) is 12.1 Å². The Balaban J connectivity index is 2.05. The molecule has 0 atom stereocenters. The van der Waals surface area contributed by atoms with Crippen molar-refractivity contribution >= 4 is 17.7 Å². The molecule has 6 heteroatoms. The first-order valence-corrected chi connectivity index (χ1v) is 7.46. The van der Waals surface area contributed by atoms with Crippen LogP contribution in [0.5, 0.6) is 0 Å². The minimum absolute atomic E-state index is 0.00413. The molecule has 2 aromatic rings. The highest BCUT2D eigenvalue weighted by Crippen LogP contribution is 2.13. The van der Waals surface area contributed by atoms with Crippen LogP contribution >= 0.6 is 0 Å². The molecule has 0 aliphatic rings. The van der Waals surface area contributed by atoms with Crippen LogP contribution in [-0.4, -0.2) is 34.0 Å². The molecule has 0 unspecified atom stereocenters. The van der Waals surface area contributed by atoms with Gasteiger partial charge in [0.15, 0.2) is 0 Å². The average molecular weight is 326 g/mol. The zero-order valence-electron chi connectivity index (χ0n) is 13.0. The number of carbonyl (C=O) groups is 1. The number of aliphatic hydroxyl groups is 1. The fraction of sp³-hybridized carbons (Fsp3) is 0.167. The molecule has 1 N–H and O–H groups in total. The number of rotatable bonds is 7. The Hall–Kier alpha value is -2.99. The van der Waals surface area contributed by atoms with Crippen LogP contribution < -0.4 is 0 Å². The van der Waals surface area contributed by atoms with Gasteiger partial charge in [-0.1, -0.05) is 30.3 Å². The lowest BCUT2D eigenvalue weighted by molar-refractivity contribution is -0.384. The molecule has 6 nitrogen and oxygen atoms in total. The molecule has 24 heavy (non-hydrogen) atoms. The summed E-state index contributed by atoms with van der Waals surface area (Å²) in [5, 5.41) is 19.8. The number of aliphatic hydroxyl groups excluding tert-OH is 1. The maximum absolute atomic E-state index is 12.3. The van der Waals surface area contributed by atoms with Crippen LogP contribution in [0, 0.1) is 10.1 Å². The third kappa shape index (κ3) is 5.03. The number of carbonyl (C=O) groups excluding carboxylic acids is 1. The van der Waals surface area contributed by atoms with Gasteiger partial charge in [0, 0.05) is 31.3 Å². The molecule has 0 spiro atoms. The summed E-state index contributed by atoms with van der Waals surface area (Å²) in [6, 6.07) is 15.4. The molecule has 2 rings (SSSR count). The monoisotopic (exact) mass is 326 g/mol. The van der Waals surface area contributed by atoms with Crippen LogP contribution in [0.3, 0.4) is 0 Å². The number of non-ortho nitro benzene ring substituents is 1. The summed E-state index contributed by atoms with van der Waals surface area (Å²) in [4.78, 5) is 24.0. The summed E-state index contributed by atoms with van der Waals surface area (Å²) in [5.41, 5.74) is 1.67. The van der Waals surface area contributed by atoms with Crippen molar-refractivity contribution < 1.29 is 14.8 Å². The molecule has 0 radical (unpaired) electrons. The van der Waals surface area contributed by atoms with Crippen molar-refractivity contribution in [3.63, 3.8) is 0 Å². The quantitative estimate of drug-likeness (QED) is 0.481. The van der Waals surface area contributed by atoms with Gasteiger partial charge in [-0.15, -0.1) is 0 Å². The predicted molar refractivity (Wildman–Crippen MR) is 91.1 cm³/mol. The van der Waals surface area contributed by atoms with Crippen molar-refractivity contribution in [2.24, 2.45) is 0 Å². The molecule has 124 valence electrons. The number of benzene rings is 2. The molecule has 2 aromatic carbocycles. The number of nitro benzene ring substituents is 1. The molecular weight excluding hydrogens is 308 g/mol. The van der Waals surface area contributed by atoms with E-state index >= 15 is 0 Å². The van der Waals surface area contributed by atoms with E-state index < -0.39 is 4.92 Å². The van der Waals surface area contributed by atoms with Gasteiger partial charge in [0.05, 0.1) is 11.5 Å². The van der Waals surface area contributed by atoms with Gasteiger partial charge in [0.2, 0.25) is 5.91 Å². The predicted octanol–water partition coefficient (Wildman–Crippen LogP) is 2.63. The van der Waals surface area contributed by atoms with Crippen molar-refractivity contribution in [1.82, 2.24) is 4.90 Å². The van der Waals surface area contributed by atoms with E-state index in [4.69, 9.17) is 5.11 Å². The van der Waals surface area contributed by atoms with E-state index in [9.17, 15) is 14.9 Å². The average Bonchev–Trinajstić information content (AvgIpc) is 2.60. The van der Waals surface area contributed by atoms with Crippen LogP contribution in [0.15, 0.2) is 60.7 Å². The van der Waals surface area contributed by atoms with Gasteiger partial charge in [0.1, 0.15) is 0 Å². The molecule has 1 amide bonds. The van der Waals surface area contributed by atoms with Gasteiger partial charge in [-0.05, 0) is 29.3 Å². The molecule has 0 saturated heterocycles. The summed E-state index contributed by atoms with van der Waals surface area (Å²) >= 11 is 0. The van der Waals surface area contributed by atoms with Gasteiger partial charge >= 0.3 is 0 Å². The second kappa shape index (κ2) is 8.59. The van der Waals surface area contributed by atoms with Crippen molar-refractivity contribution in [3.05, 3.63) is 81.9 Å². The van der Waals surface area contributed by atoms with Crippen molar-refractivity contribution in [1.29, 1.82) is 0 Å². The van der Waals surface area contributed by atoms with E-state index in [1.807, 2.05) is 30.3 Å². The Morgan fingerprint density at radius 2 is 1.79 bits per heavy atom. The highest BCUT2D eigenvalue weighted by Gasteiger charge is 2.10. The normalized spacial score (nSPS) is 10.7. The van der Waals surface area contributed by atoms with E-state index in [2.05, 4.69) is 0 Å². The van der Waals surface area contributed by atoms with E-state index in [-0.39, 0.29) is 24.7 Å². The topological polar surface area (TPSA) is 83.7 Å². The Morgan fingerprint density at radius 1 is 1.12 bits per heavy atom. The lowest BCUT2D eigenvalue weighted by atomic mass is 10.2. The Kier molecular flexibility index (Phi) is 6.22. The van der Waals surface area contributed by atoms with E-state index in [1.165, 1.54) is 23.1 Å². The fourth-order valence-electron chi connectivity index (χ4n) is 2.17. The standard InChI is InChI=1S/C18H18N2O4/c21-13-12-19(14-16-4-2-1-3-5-16)18(22)11-8-15-6-9-17(10-7-15)20(23)24/h1-11,21H,12-14H2/b11-8+. The van der Waals surface area contributed by atoms with Gasteiger partial charge in [-0.3, -0.25) is 14.9 Å². The second-order valence-electron chi connectivity index (χ2n) is 5.15. The number of amides is 1. The number of hydrogen-bond acceptors (Lipinski definition) is 4. The molecular formula is C18H18N2O4. The van der Waals surface area contributed by atoms with Crippen molar-refractivity contribution in [2.75, 3.05) is 13.2 Å². The third-order valence-corrected chi connectivity index (χ3v) is 3.42. The minimum Gasteiger partial charge on any atom is -0.395 e. The Morgan fingerprint density at radius 3 is 2.38 bits per heavy atom. The number of hydrogen-bond donors (Lipinski definition) is 1. The summed E-state index contributed by atoms with van der Waals surface area (Å²) in [6.07, 6.45) is 3.00. The van der Waals surface area contributed by atoms with Gasteiger partial charge < -0.3 is 10.0 Å². The SMILES string of the molecule is O=C(/C=C/c1ccc([N+](=O)[O-])cc1)N(CCO)Cc1ccccc1. The molecule has 0 fully saturated rings.